The van der Waals surface area contributed by atoms with Crippen LogP contribution in [0.1, 0.15) is 6.92 Å². The van der Waals surface area contributed by atoms with Crippen LogP contribution in [0.3, 0.4) is 0 Å². The van der Waals surface area contributed by atoms with Gasteiger partial charge < -0.3 is 15.0 Å². The number of nitrogens with zero attached hydrogens (tertiary/aromatic N) is 3. The minimum absolute atomic E-state index is 0.746. The summed E-state index contributed by atoms with van der Waals surface area (Å²) in [5.74, 6) is 1.57. The molecule has 2 aromatic heterocycles. The van der Waals surface area contributed by atoms with Crippen molar-refractivity contribution in [1.82, 2.24) is 14.4 Å². The first-order chi connectivity index (χ1) is 10.3. The number of benzene rings is 1. The molecule has 0 aliphatic rings. The average Bonchev–Trinajstić information content (AvgIpc) is 2.97. The molecule has 2 N–H and O–H groups in total. The average molecular weight is 299 g/mol. The van der Waals surface area contributed by atoms with Gasteiger partial charge >= 0.3 is 0 Å². The standard InChI is InChI=1S/C15H17N5S/c1-3-16-13-10-20-9-8-17-15(20)14(19-13)18-11-4-6-12(21-2)7-5-11/h4-10,16H,3H2,1-2H3,(H,18,19). The van der Waals surface area contributed by atoms with Crippen LogP contribution in [-0.4, -0.2) is 27.2 Å². The third-order valence-corrected chi connectivity index (χ3v) is 3.83. The van der Waals surface area contributed by atoms with E-state index in [4.69, 9.17) is 0 Å². The van der Waals surface area contributed by atoms with E-state index in [-0.39, 0.29) is 0 Å². The highest BCUT2D eigenvalue weighted by Gasteiger charge is 2.07. The van der Waals surface area contributed by atoms with Crippen molar-refractivity contribution < 1.29 is 0 Å². The smallest absolute Gasteiger partial charge is 0.180 e. The van der Waals surface area contributed by atoms with Crippen LogP contribution in [0.15, 0.2) is 47.8 Å². The van der Waals surface area contributed by atoms with E-state index in [1.165, 1.54) is 4.90 Å². The summed E-state index contributed by atoms with van der Waals surface area (Å²) in [6.45, 7) is 2.88. The molecule has 21 heavy (non-hydrogen) atoms. The Balaban J connectivity index is 1.95. The monoisotopic (exact) mass is 299 g/mol. The molecule has 2 heterocycles. The van der Waals surface area contributed by atoms with Crippen molar-refractivity contribution in [3.8, 4) is 0 Å². The SMILES string of the molecule is CCNc1cn2ccnc2c(Nc2ccc(SC)cc2)n1. The normalized spacial score (nSPS) is 10.8. The Hall–Kier alpha value is -2.21. The van der Waals surface area contributed by atoms with Gasteiger partial charge in [-0.25, -0.2) is 9.97 Å². The van der Waals surface area contributed by atoms with E-state index in [1.807, 2.05) is 35.9 Å². The number of hydrogen-bond acceptors (Lipinski definition) is 5. The summed E-state index contributed by atoms with van der Waals surface area (Å²) in [6.07, 6.45) is 7.69. The van der Waals surface area contributed by atoms with Crippen LogP contribution in [0.25, 0.3) is 5.65 Å². The number of thioether (sulfide) groups is 1. The summed E-state index contributed by atoms with van der Waals surface area (Å²) in [6, 6.07) is 8.27. The Labute approximate surface area is 127 Å². The largest absolute Gasteiger partial charge is 0.369 e. The molecule has 0 fully saturated rings. The molecule has 0 bridgehead atoms. The molecule has 0 spiro atoms. The number of imidazole rings is 1. The minimum atomic E-state index is 0.746. The molecule has 0 saturated carbocycles. The summed E-state index contributed by atoms with van der Waals surface area (Å²) in [5.41, 5.74) is 1.81. The van der Waals surface area contributed by atoms with Crippen molar-refractivity contribution in [3.63, 3.8) is 0 Å². The number of hydrogen-bond donors (Lipinski definition) is 2. The maximum atomic E-state index is 4.59. The molecule has 0 aliphatic carbocycles. The van der Waals surface area contributed by atoms with Crippen molar-refractivity contribution in [2.45, 2.75) is 11.8 Å². The number of fused-ring (bicyclic) bond motifs is 1. The number of anilines is 3. The molecule has 0 aliphatic heterocycles. The van der Waals surface area contributed by atoms with Gasteiger partial charge in [-0.05, 0) is 37.4 Å². The van der Waals surface area contributed by atoms with Crippen LogP contribution in [0.5, 0.6) is 0 Å². The van der Waals surface area contributed by atoms with Crippen molar-refractivity contribution >= 4 is 34.7 Å². The van der Waals surface area contributed by atoms with E-state index in [9.17, 15) is 0 Å². The number of nitrogens with one attached hydrogen (secondary N) is 2. The summed E-state index contributed by atoms with van der Waals surface area (Å²) >= 11 is 1.73. The van der Waals surface area contributed by atoms with Gasteiger partial charge in [0.05, 0.1) is 6.20 Å². The van der Waals surface area contributed by atoms with Gasteiger partial charge in [-0.3, -0.25) is 0 Å². The summed E-state index contributed by atoms with van der Waals surface area (Å²) in [7, 11) is 0. The lowest BCUT2D eigenvalue weighted by Gasteiger charge is -2.10. The van der Waals surface area contributed by atoms with Crippen LogP contribution >= 0.6 is 11.8 Å². The van der Waals surface area contributed by atoms with Crippen molar-refractivity contribution in [2.75, 3.05) is 23.4 Å². The lowest BCUT2D eigenvalue weighted by molar-refractivity contribution is 1.09. The molecule has 3 aromatic rings. The lowest BCUT2D eigenvalue weighted by Crippen LogP contribution is -2.05. The molecule has 0 atom stereocenters. The molecule has 0 unspecified atom stereocenters. The van der Waals surface area contributed by atoms with Crippen LogP contribution in [0.4, 0.5) is 17.3 Å². The first-order valence-corrected chi connectivity index (χ1v) is 8.01. The third kappa shape index (κ3) is 2.95. The summed E-state index contributed by atoms with van der Waals surface area (Å²) < 4.78 is 1.96. The fourth-order valence-electron chi connectivity index (χ4n) is 2.09. The second-order valence-electron chi connectivity index (χ2n) is 4.52. The van der Waals surface area contributed by atoms with E-state index in [1.54, 1.807) is 18.0 Å². The third-order valence-electron chi connectivity index (χ3n) is 3.08. The van der Waals surface area contributed by atoms with Crippen molar-refractivity contribution in [1.29, 1.82) is 0 Å². The Morgan fingerprint density at radius 1 is 1.24 bits per heavy atom. The van der Waals surface area contributed by atoms with E-state index in [0.717, 1.165) is 29.5 Å². The fourth-order valence-corrected chi connectivity index (χ4v) is 2.50. The first kappa shape index (κ1) is 13.8. The zero-order valence-electron chi connectivity index (χ0n) is 12.0. The Morgan fingerprint density at radius 3 is 2.76 bits per heavy atom. The quantitative estimate of drug-likeness (QED) is 0.705. The fraction of sp³-hybridized carbons (Fsp3) is 0.200. The molecule has 1 aromatic carbocycles. The van der Waals surface area contributed by atoms with Gasteiger partial charge in [0.15, 0.2) is 11.5 Å². The zero-order chi connectivity index (χ0) is 14.7. The molecule has 108 valence electrons. The summed E-state index contributed by atoms with van der Waals surface area (Å²) in [4.78, 5) is 10.2. The van der Waals surface area contributed by atoms with Crippen LogP contribution in [-0.2, 0) is 0 Å². The van der Waals surface area contributed by atoms with Gasteiger partial charge in [-0.15, -0.1) is 11.8 Å². The molecule has 6 heteroatoms. The molecule has 5 nitrogen and oxygen atoms in total. The highest BCUT2D eigenvalue weighted by molar-refractivity contribution is 7.98. The second kappa shape index (κ2) is 6.05. The Bertz CT molecular complexity index is 735. The van der Waals surface area contributed by atoms with Gasteiger partial charge in [0, 0.05) is 29.5 Å². The van der Waals surface area contributed by atoms with Gasteiger partial charge in [0.25, 0.3) is 0 Å². The molecular weight excluding hydrogens is 282 g/mol. The predicted octanol–water partition coefficient (Wildman–Crippen LogP) is 3.63. The number of aromatic nitrogens is 3. The van der Waals surface area contributed by atoms with Gasteiger partial charge in [-0.2, -0.15) is 0 Å². The Morgan fingerprint density at radius 2 is 2.05 bits per heavy atom. The van der Waals surface area contributed by atoms with Crippen LogP contribution < -0.4 is 10.6 Å². The first-order valence-electron chi connectivity index (χ1n) is 6.79. The molecular formula is C15H17N5S. The second-order valence-corrected chi connectivity index (χ2v) is 5.40. The van der Waals surface area contributed by atoms with E-state index < -0.39 is 0 Å². The highest BCUT2D eigenvalue weighted by Crippen LogP contribution is 2.23. The van der Waals surface area contributed by atoms with E-state index >= 15 is 0 Å². The zero-order valence-corrected chi connectivity index (χ0v) is 12.8. The minimum Gasteiger partial charge on any atom is -0.369 e. The van der Waals surface area contributed by atoms with Crippen molar-refractivity contribution in [3.05, 3.63) is 42.9 Å². The van der Waals surface area contributed by atoms with Crippen LogP contribution in [0, 0.1) is 0 Å². The van der Waals surface area contributed by atoms with E-state index in [0.29, 0.717) is 0 Å². The lowest BCUT2D eigenvalue weighted by atomic mass is 10.3. The summed E-state index contributed by atoms with van der Waals surface area (Å²) in [5, 5.41) is 6.57. The van der Waals surface area contributed by atoms with Crippen molar-refractivity contribution in [2.24, 2.45) is 0 Å². The van der Waals surface area contributed by atoms with Crippen LogP contribution in [0.2, 0.25) is 0 Å². The molecule has 0 amide bonds. The van der Waals surface area contributed by atoms with Gasteiger partial charge in [-0.1, -0.05) is 0 Å². The molecule has 0 saturated heterocycles. The maximum absolute atomic E-state index is 4.59. The van der Waals surface area contributed by atoms with E-state index in [2.05, 4.69) is 39.0 Å². The molecule has 0 radical (unpaired) electrons. The number of rotatable bonds is 5. The highest BCUT2D eigenvalue weighted by atomic mass is 32.2. The topological polar surface area (TPSA) is 54.2 Å². The van der Waals surface area contributed by atoms with Gasteiger partial charge in [0.1, 0.15) is 5.82 Å². The molecule has 3 rings (SSSR count). The maximum Gasteiger partial charge on any atom is 0.180 e. The predicted molar refractivity (Wildman–Crippen MR) is 88.7 cm³/mol. The Kier molecular flexibility index (Phi) is 3.96. The van der Waals surface area contributed by atoms with Gasteiger partial charge in [0.2, 0.25) is 0 Å².